The largest absolute Gasteiger partial charge is 0.493 e. The molecule has 1 heterocycles. The van der Waals surface area contributed by atoms with Crippen LogP contribution in [0.3, 0.4) is 0 Å². The molecule has 5 nitrogen and oxygen atoms in total. The van der Waals surface area contributed by atoms with E-state index in [-0.39, 0.29) is 12.5 Å². The van der Waals surface area contributed by atoms with E-state index in [1.165, 1.54) is 12.0 Å². The highest BCUT2D eigenvalue weighted by Crippen LogP contribution is 2.44. The topological polar surface area (TPSA) is 55.8 Å². The van der Waals surface area contributed by atoms with Crippen LogP contribution in [0.15, 0.2) is 12.1 Å². The van der Waals surface area contributed by atoms with Crippen molar-refractivity contribution in [3.8, 4) is 23.8 Å². The average Bonchev–Trinajstić information content (AvgIpc) is 2.43. The lowest BCUT2D eigenvalue weighted by Gasteiger charge is -2.38. The van der Waals surface area contributed by atoms with Crippen molar-refractivity contribution in [3.05, 3.63) is 17.7 Å². The number of ether oxygens (including phenoxy) is 2. The van der Waals surface area contributed by atoms with Gasteiger partial charge in [-0.2, -0.15) is 0 Å². The molecule has 0 saturated carbocycles. The van der Waals surface area contributed by atoms with Crippen molar-refractivity contribution in [2.75, 3.05) is 18.6 Å². The van der Waals surface area contributed by atoms with Crippen molar-refractivity contribution in [3.63, 3.8) is 0 Å². The lowest BCUT2D eigenvalue weighted by molar-refractivity contribution is -0.132. The van der Waals surface area contributed by atoms with E-state index in [0.29, 0.717) is 29.0 Å². The Labute approximate surface area is 117 Å². The second-order valence-corrected chi connectivity index (χ2v) is 4.90. The first-order chi connectivity index (χ1) is 9.44. The number of hydrogen-bond acceptors (Lipinski definition) is 4. The molecule has 0 atom stereocenters. The second kappa shape index (κ2) is 4.89. The van der Waals surface area contributed by atoms with E-state index in [4.69, 9.17) is 15.9 Å². The fourth-order valence-electron chi connectivity index (χ4n) is 2.11. The van der Waals surface area contributed by atoms with Crippen LogP contribution in [0.25, 0.3) is 0 Å². The fraction of sp³-hybridized carbons (Fsp3) is 0.333. The Kier molecular flexibility index (Phi) is 3.41. The number of nitrogens with zero attached hydrogens (tertiary/aromatic N) is 1. The van der Waals surface area contributed by atoms with Gasteiger partial charge in [-0.1, -0.05) is 5.92 Å². The highest BCUT2D eigenvalue weighted by molar-refractivity contribution is 6.04. The van der Waals surface area contributed by atoms with E-state index in [0.717, 1.165) is 0 Å². The molecule has 0 bridgehead atoms. The smallest absolute Gasteiger partial charge is 0.271 e. The molecular formula is C15H15NO4. The van der Waals surface area contributed by atoms with Crippen LogP contribution in [0.2, 0.25) is 0 Å². The molecule has 20 heavy (non-hydrogen) atoms. The van der Waals surface area contributed by atoms with Gasteiger partial charge in [0.1, 0.15) is 6.29 Å². The molecule has 0 saturated heterocycles. The molecule has 2 rings (SSSR count). The van der Waals surface area contributed by atoms with Crippen LogP contribution in [-0.4, -0.2) is 31.4 Å². The second-order valence-electron chi connectivity index (χ2n) is 4.90. The molecule has 1 aromatic carbocycles. The van der Waals surface area contributed by atoms with Crippen molar-refractivity contribution < 1.29 is 19.1 Å². The fourth-order valence-corrected chi connectivity index (χ4v) is 2.11. The molecule has 0 fully saturated rings. The minimum absolute atomic E-state index is 0.101. The summed E-state index contributed by atoms with van der Waals surface area (Å²) >= 11 is 0. The number of rotatable bonds is 3. The molecule has 1 aliphatic rings. The number of benzene rings is 1. The molecular weight excluding hydrogens is 258 g/mol. The number of carbonyl (C=O) groups is 2. The van der Waals surface area contributed by atoms with Crippen molar-refractivity contribution in [2.24, 2.45) is 0 Å². The third kappa shape index (κ3) is 2.10. The maximum atomic E-state index is 12.4. The molecule has 0 N–H and O–H groups in total. The summed E-state index contributed by atoms with van der Waals surface area (Å²) in [6, 6.07) is 3.13. The van der Waals surface area contributed by atoms with Crippen molar-refractivity contribution in [2.45, 2.75) is 19.4 Å². The van der Waals surface area contributed by atoms with Crippen LogP contribution in [0.4, 0.5) is 5.69 Å². The molecule has 0 unspecified atom stereocenters. The van der Waals surface area contributed by atoms with Gasteiger partial charge in [0.2, 0.25) is 0 Å². The van der Waals surface area contributed by atoms with Crippen LogP contribution < -0.4 is 14.4 Å². The molecule has 104 valence electrons. The Morgan fingerprint density at radius 3 is 2.75 bits per heavy atom. The number of carbonyl (C=O) groups excluding carboxylic acids is 2. The number of anilines is 1. The third-order valence-electron chi connectivity index (χ3n) is 3.07. The highest BCUT2D eigenvalue weighted by Gasteiger charge is 2.42. The number of aldehydes is 1. The van der Waals surface area contributed by atoms with Gasteiger partial charge < -0.3 is 9.47 Å². The van der Waals surface area contributed by atoms with Gasteiger partial charge in [-0.25, -0.2) is 0 Å². The molecule has 0 aliphatic carbocycles. The van der Waals surface area contributed by atoms with Gasteiger partial charge in [0, 0.05) is 5.56 Å². The summed E-state index contributed by atoms with van der Waals surface area (Å²) in [5.74, 6) is 3.00. The number of fused-ring (bicyclic) bond motifs is 1. The number of hydrogen-bond donors (Lipinski definition) is 0. The van der Waals surface area contributed by atoms with Crippen LogP contribution >= 0.6 is 0 Å². The third-order valence-corrected chi connectivity index (χ3v) is 3.07. The molecule has 0 spiro atoms. The Bertz CT molecular complexity index is 613. The summed E-state index contributed by atoms with van der Waals surface area (Å²) in [7, 11) is 1.47. The Morgan fingerprint density at radius 2 is 2.20 bits per heavy atom. The molecule has 1 aliphatic heterocycles. The van der Waals surface area contributed by atoms with Crippen molar-refractivity contribution >= 4 is 17.9 Å². The minimum Gasteiger partial charge on any atom is -0.493 e. The van der Waals surface area contributed by atoms with Crippen LogP contribution in [0.5, 0.6) is 11.5 Å². The number of methoxy groups -OCH3 is 1. The number of terminal acetylenes is 1. The zero-order valence-corrected chi connectivity index (χ0v) is 11.6. The zero-order chi connectivity index (χ0) is 14.9. The maximum Gasteiger partial charge on any atom is 0.271 e. The van der Waals surface area contributed by atoms with Crippen LogP contribution in [0.1, 0.15) is 24.2 Å². The van der Waals surface area contributed by atoms with Crippen LogP contribution in [0, 0.1) is 12.3 Å². The SMILES string of the molecule is C#CCN1C(=O)C(C)(C)Oc2c(OC)cc(C=O)cc21. The first-order valence-electron chi connectivity index (χ1n) is 6.06. The summed E-state index contributed by atoms with van der Waals surface area (Å²) < 4.78 is 11.0. The summed E-state index contributed by atoms with van der Waals surface area (Å²) in [4.78, 5) is 24.8. The van der Waals surface area contributed by atoms with Gasteiger partial charge >= 0.3 is 0 Å². The first-order valence-corrected chi connectivity index (χ1v) is 6.06. The van der Waals surface area contributed by atoms with E-state index in [1.807, 2.05) is 0 Å². The molecule has 1 aromatic rings. The highest BCUT2D eigenvalue weighted by atomic mass is 16.5. The van der Waals surface area contributed by atoms with E-state index < -0.39 is 5.60 Å². The van der Waals surface area contributed by atoms with Crippen LogP contribution in [-0.2, 0) is 4.79 Å². The van der Waals surface area contributed by atoms with Gasteiger partial charge in [0.25, 0.3) is 5.91 Å². The quantitative estimate of drug-likeness (QED) is 0.620. The van der Waals surface area contributed by atoms with Gasteiger partial charge in [0.05, 0.1) is 19.3 Å². The normalized spacial score (nSPS) is 15.9. The summed E-state index contributed by atoms with van der Waals surface area (Å²) in [5, 5.41) is 0. The predicted octanol–water partition coefficient (Wildman–Crippen LogP) is 1.64. The Balaban J connectivity index is 2.68. The minimum atomic E-state index is -1.04. The Hall–Kier alpha value is -2.48. The van der Waals surface area contributed by atoms with E-state index in [2.05, 4.69) is 5.92 Å². The maximum absolute atomic E-state index is 12.4. The van der Waals surface area contributed by atoms with Gasteiger partial charge in [0.15, 0.2) is 17.1 Å². The van der Waals surface area contributed by atoms with Crippen molar-refractivity contribution in [1.82, 2.24) is 0 Å². The standard InChI is InChI=1S/C15H15NO4/c1-5-6-16-11-7-10(9-17)8-12(19-4)13(11)20-15(2,3)14(16)18/h1,7-9H,6H2,2-4H3. The lowest BCUT2D eigenvalue weighted by atomic mass is 10.0. The zero-order valence-electron chi connectivity index (χ0n) is 11.6. The molecule has 5 heteroatoms. The van der Waals surface area contributed by atoms with E-state index >= 15 is 0 Å². The Morgan fingerprint density at radius 1 is 1.50 bits per heavy atom. The molecule has 1 amide bonds. The monoisotopic (exact) mass is 273 g/mol. The summed E-state index contributed by atoms with van der Waals surface area (Å²) in [6.07, 6.45) is 6.00. The van der Waals surface area contributed by atoms with Gasteiger partial charge in [-0.15, -0.1) is 6.42 Å². The predicted molar refractivity (Wildman–Crippen MR) is 74.3 cm³/mol. The first kappa shape index (κ1) is 13.9. The number of amides is 1. The molecule has 0 aromatic heterocycles. The van der Waals surface area contributed by atoms with E-state index in [1.54, 1.807) is 26.0 Å². The summed E-state index contributed by atoms with van der Waals surface area (Å²) in [6.45, 7) is 3.42. The van der Waals surface area contributed by atoms with Gasteiger partial charge in [-0.3, -0.25) is 14.5 Å². The lowest BCUT2D eigenvalue weighted by Crippen LogP contribution is -2.52. The summed E-state index contributed by atoms with van der Waals surface area (Å²) in [5.41, 5.74) is -0.202. The molecule has 0 radical (unpaired) electrons. The average molecular weight is 273 g/mol. The van der Waals surface area contributed by atoms with Crippen molar-refractivity contribution in [1.29, 1.82) is 0 Å². The van der Waals surface area contributed by atoms with E-state index in [9.17, 15) is 9.59 Å². The van der Waals surface area contributed by atoms with Gasteiger partial charge in [-0.05, 0) is 26.0 Å².